The molecule has 1 aromatic rings. The summed E-state index contributed by atoms with van der Waals surface area (Å²) in [5.74, 6) is 0.0415. The van der Waals surface area contributed by atoms with Crippen LogP contribution in [0.3, 0.4) is 0 Å². The maximum atomic E-state index is 13.0. The van der Waals surface area contributed by atoms with Gasteiger partial charge in [-0.25, -0.2) is 0 Å². The quantitative estimate of drug-likeness (QED) is 0.907. The van der Waals surface area contributed by atoms with Crippen molar-refractivity contribution < 1.29 is 9.59 Å². The van der Waals surface area contributed by atoms with Gasteiger partial charge in [0.05, 0.1) is 0 Å². The summed E-state index contributed by atoms with van der Waals surface area (Å²) in [6, 6.07) is 9.07. The molecule has 0 radical (unpaired) electrons. The van der Waals surface area contributed by atoms with E-state index < -0.39 is 11.6 Å². The average Bonchev–Trinajstić information content (AvgIpc) is 2.92. The first-order valence-corrected chi connectivity index (χ1v) is 7.75. The minimum Gasteiger partial charge on any atom is -0.340 e. The molecule has 1 aliphatic heterocycles. The van der Waals surface area contributed by atoms with E-state index in [4.69, 9.17) is 0 Å². The second kappa shape index (κ2) is 5.17. The van der Waals surface area contributed by atoms with E-state index in [-0.39, 0.29) is 17.9 Å². The fourth-order valence-corrected chi connectivity index (χ4v) is 3.65. The average molecular weight is 286 g/mol. The van der Waals surface area contributed by atoms with Crippen LogP contribution in [-0.2, 0) is 9.59 Å². The Hall–Kier alpha value is -1.84. The summed E-state index contributed by atoms with van der Waals surface area (Å²) in [4.78, 5) is 27.5. The molecule has 1 spiro atoms. The first kappa shape index (κ1) is 14.1. The van der Waals surface area contributed by atoms with Crippen molar-refractivity contribution in [2.75, 3.05) is 0 Å². The zero-order valence-electron chi connectivity index (χ0n) is 12.6. The van der Waals surface area contributed by atoms with Gasteiger partial charge in [0, 0.05) is 6.04 Å². The lowest BCUT2D eigenvalue weighted by atomic mass is 9.88. The first-order valence-electron chi connectivity index (χ1n) is 7.75. The molecule has 112 valence electrons. The van der Waals surface area contributed by atoms with Crippen LogP contribution in [0.5, 0.6) is 0 Å². The molecule has 1 unspecified atom stereocenters. The van der Waals surface area contributed by atoms with Gasteiger partial charge in [0.15, 0.2) is 0 Å². The lowest BCUT2D eigenvalue weighted by molar-refractivity contribution is -0.157. The predicted octanol–water partition coefficient (Wildman–Crippen LogP) is 2.41. The normalized spacial score (nSPS) is 24.7. The van der Waals surface area contributed by atoms with Gasteiger partial charge >= 0.3 is 0 Å². The lowest BCUT2D eigenvalue weighted by Gasteiger charge is -2.46. The zero-order valence-corrected chi connectivity index (χ0v) is 12.6. The van der Waals surface area contributed by atoms with Crippen LogP contribution in [0.4, 0.5) is 0 Å². The van der Waals surface area contributed by atoms with Crippen LogP contribution in [0, 0.1) is 0 Å². The van der Waals surface area contributed by atoms with Crippen molar-refractivity contribution in [1.29, 1.82) is 0 Å². The Balaban J connectivity index is 2.01. The van der Waals surface area contributed by atoms with E-state index in [0.29, 0.717) is 0 Å². The first-order chi connectivity index (χ1) is 10.1. The van der Waals surface area contributed by atoms with E-state index in [2.05, 4.69) is 5.32 Å². The molecule has 1 aliphatic carbocycles. The molecule has 21 heavy (non-hydrogen) atoms. The molecule has 2 aliphatic rings. The van der Waals surface area contributed by atoms with Crippen LogP contribution < -0.4 is 5.32 Å². The number of nitrogens with one attached hydrogen (secondary N) is 1. The van der Waals surface area contributed by atoms with E-state index in [1.54, 1.807) is 4.90 Å². The summed E-state index contributed by atoms with van der Waals surface area (Å²) < 4.78 is 0. The second-order valence-electron chi connectivity index (χ2n) is 6.40. The van der Waals surface area contributed by atoms with Gasteiger partial charge in [-0.1, -0.05) is 43.2 Å². The molecule has 1 N–H and O–H groups in total. The maximum Gasteiger partial charge on any atom is 0.249 e. The number of hydrogen-bond donors (Lipinski definition) is 1. The van der Waals surface area contributed by atoms with E-state index in [1.807, 2.05) is 44.2 Å². The molecule has 1 saturated heterocycles. The summed E-state index contributed by atoms with van der Waals surface area (Å²) in [6.07, 6.45) is 3.55. The molecule has 4 nitrogen and oxygen atoms in total. The number of carbonyl (C=O) groups is 2. The van der Waals surface area contributed by atoms with Crippen molar-refractivity contribution in [1.82, 2.24) is 10.2 Å². The number of piperazine rings is 1. The van der Waals surface area contributed by atoms with Crippen molar-refractivity contribution in [2.45, 2.75) is 57.2 Å². The Labute approximate surface area is 125 Å². The number of carbonyl (C=O) groups excluding carboxylic acids is 2. The number of amides is 2. The Morgan fingerprint density at radius 2 is 1.76 bits per heavy atom. The lowest BCUT2D eigenvalue weighted by Crippen LogP contribution is -2.67. The van der Waals surface area contributed by atoms with Gasteiger partial charge in [-0.3, -0.25) is 9.59 Å². The molecule has 0 bridgehead atoms. The van der Waals surface area contributed by atoms with Crippen LogP contribution in [0.2, 0.25) is 0 Å². The smallest absolute Gasteiger partial charge is 0.249 e. The minimum absolute atomic E-state index is 0.00577. The van der Waals surface area contributed by atoms with E-state index in [9.17, 15) is 9.59 Å². The van der Waals surface area contributed by atoms with Crippen molar-refractivity contribution in [3.05, 3.63) is 35.9 Å². The summed E-state index contributed by atoms with van der Waals surface area (Å²) >= 11 is 0. The van der Waals surface area contributed by atoms with Crippen molar-refractivity contribution in [2.24, 2.45) is 0 Å². The summed E-state index contributed by atoms with van der Waals surface area (Å²) in [5, 5.41) is 3.04. The molecular weight excluding hydrogens is 264 g/mol. The Morgan fingerprint density at radius 1 is 1.14 bits per heavy atom. The number of rotatable bonds is 2. The highest BCUT2D eigenvalue weighted by Crippen LogP contribution is 2.39. The number of hydrogen-bond acceptors (Lipinski definition) is 2. The van der Waals surface area contributed by atoms with E-state index in [0.717, 1.165) is 31.2 Å². The van der Waals surface area contributed by atoms with Gasteiger partial charge < -0.3 is 10.2 Å². The number of benzene rings is 1. The Morgan fingerprint density at radius 3 is 2.33 bits per heavy atom. The van der Waals surface area contributed by atoms with Gasteiger partial charge in [-0.05, 0) is 32.3 Å². The number of nitrogens with zero attached hydrogens (tertiary/aromatic N) is 1. The van der Waals surface area contributed by atoms with Gasteiger partial charge in [0.25, 0.3) is 0 Å². The molecule has 1 heterocycles. The van der Waals surface area contributed by atoms with Crippen molar-refractivity contribution >= 4 is 11.8 Å². The minimum atomic E-state index is -0.646. The van der Waals surface area contributed by atoms with Gasteiger partial charge in [0.2, 0.25) is 11.8 Å². The van der Waals surface area contributed by atoms with Crippen LogP contribution in [0.15, 0.2) is 30.3 Å². The van der Waals surface area contributed by atoms with E-state index in [1.165, 1.54) is 0 Å². The zero-order chi connectivity index (χ0) is 15.0. The third-order valence-corrected chi connectivity index (χ3v) is 4.66. The largest absolute Gasteiger partial charge is 0.340 e. The van der Waals surface area contributed by atoms with Crippen molar-refractivity contribution in [3.63, 3.8) is 0 Å². The fourth-order valence-electron chi connectivity index (χ4n) is 3.65. The van der Waals surface area contributed by atoms with Gasteiger partial charge in [0.1, 0.15) is 11.6 Å². The third-order valence-electron chi connectivity index (χ3n) is 4.66. The fraction of sp³-hybridized carbons (Fsp3) is 0.529. The van der Waals surface area contributed by atoms with Gasteiger partial charge in [-0.2, -0.15) is 0 Å². The summed E-state index contributed by atoms with van der Waals surface area (Å²) in [7, 11) is 0. The maximum absolute atomic E-state index is 13.0. The van der Waals surface area contributed by atoms with Crippen LogP contribution in [0.1, 0.15) is 51.1 Å². The highest BCUT2D eigenvalue weighted by Gasteiger charge is 2.52. The highest BCUT2D eigenvalue weighted by atomic mass is 16.2. The molecule has 4 heteroatoms. The van der Waals surface area contributed by atoms with Crippen LogP contribution in [0.25, 0.3) is 0 Å². The molecule has 2 fully saturated rings. The molecule has 1 aromatic carbocycles. The standard InChI is InChI=1S/C17H22N2O2/c1-12(2)19-14(13-8-4-3-5-9-13)15(20)18-17(16(19)21)10-6-7-11-17/h3-5,8-9,12,14H,6-7,10-11H2,1-2H3,(H,18,20). The summed E-state index contributed by atoms with van der Waals surface area (Å²) in [6.45, 7) is 3.96. The molecule has 0 aromatic heterocycles. The second-order valence-corrected chi connectivity index (χ2v) is 6.40. The van der Waals surface area contributed by atoms with E-state index >= 15 is 0 Å². The monoisotopic (exact) mass is 286 g/mol. The predicted molar refractivity (Wildman–Crippen MR) is 80.5 cm³/mol. The Bertz CT molecular complexity index is 547. The molecule has 1 atom stereocenters. The van der Waals surface area contributed by atoms with Crippen molar-refractivity contribution in [3.8, 4) is 0 Å². The molecule has 2 amide bonds. The SMILES string of the molecule is CC(C)N1C(=O)C2(CCCC2)NC(=O)C1c1ccccc1. The third kappa shape index (κ3) is 2.23. The highest BCUT2D eigenvalue weighted by molar-refractivity contribution is 6.00. The molecule has 1 saturated carbocycles. The molecule has 3 rings (SSSR count). The summed E-state index contributed by atoms with van der Waals surface area (Å²) in [5.41, 5.74) is 0.233. The van der Waals surface area contributed by atoms with Crippen LogP contribution in [-0.4, -0.2) is 28.3 Å². The Kier molecular flexibility index (Phi) is 3.47. The van der Waals surface area contributed by atoms with Crippen LogP contribution >= 0.6 is 0 Å². The topological polar surface area (TPSA) is 49.4 Å². The van der Waals surface area contributed by atoms with Gasteiger partial charge in [-0.15, -0.1) is 0 Å². The molecular formula is C17H22N2O2.